The average Bonchev–Trinajstić information content (AvgIpc) is 3.30. The minimum atomic E-state index is -4.65. The first-order chi connectivity index (χ1) is 19.9. The second kappa shape index (κ2) is 11.1. The summed E-state index contributed by atoms with van der Waals surface area (Å²) in [7, 11) is 0. The first-order valence-corrected chi connectivity index (χ1v) is 14.3. The fourth-order valence-electron chi connectivity index (χ4n) is 6.50. The van der Waals surface area contributed by atoms with E-state index in [0.29, 0.717) is 50.4 Å². The van der Waals surface area contributed by atoms with Crippen molar-refractivity contribution in [1.29, 1.82) is 0 Å². The van der Waals surface area contributed by atoms with Crippen molar-refractivity contribution in [3.8, 4) is 5.69 Å². The summed E-state index contributed by atoms with van der Waals surface area (Å²) in [6.07, 6.45) is -4.43. The molecular weight excluding hydrogens is 564 g/mol. The van der Waals surface area contributed by atoms with E-state index in [0.717, 1.165) is 35.3 Å². The van der Waals surface area contributed by atoms with Crippen LogP contribution in [0.5, 0.6) is 0 Å². The highest BCUT2D eigenvalue weighted by atomic mass is 19.4. The molecule has 2 aromatic heterocycles. The highest BCUT2D eigenvalue weighted by Crippen LogP contribution is 2.59. The van der Waals surface area contributed by atoms with Crippen LogP contribution in [0.1, 0.15) is 67.6 Å². The van der Waals surface area contributed by atoms with Crippen molar-refractivity contribution in [1.82, 2.24) is 24.2 Å². The summed E-state index contributed by atoms with van der Waals surface area (Å²) in [6, 6.07) is 5.37. The zero-order chi connectivity index (χ0) is 30.4. The van der Waals surface area contributed by atoms with E-state index in [-0.39, 0.29) is 29.6 Å². The van der Waals surface area contributed by atoms with E-state index in [9.17, 15) is 35.9 Å². The van der Waals surface area contributed by atoms with Crippen LogP contribution in [0.4, 0.5) is 26.3 Å². The molecule has 3 aliphatic rings. The second-order valence-corrected chi connectivity index (χ2v) is 11.1. The Labute approximate surface area is 238 Å². The quantitative estimate of drug-likeness (QED) is 0.390. The van der Waals surface area contributed by atoms with Gasteiger partial charge in [-0.1, -0.05) is 26.0 Å². The van der Waals surface area contributed by atoms with E-state index < -0.39 is 34.9 Å². The molecule has 42 heavy (non-hydrogen) atoms. The number of piperidine rings is 1. The average molecular weight is 598 g/mol. The molecule has 1 aromatic carbocycles. The van der Waals surface area contributed by atoms with Crippen LogP contribution in [0.15, 0.2) is 40.1 Å². The SMILES string of the molecule is CC.O=c1[nH]c(=O)n(CCCN2C[C@@H]3C[C@]3(c3ccc(C(F)(F)F)cc3)C2)cc1-n1nc(C(F)(F)F)c2c1CCCC2. The van der Waals surface area contributed by atoms with E-state index in [4.69, 9.17) is 0 Å². The van der Waals surface area contributed by atoms with Gasteiger partial charge in [-0.15, -0.1) is 0 Å². The zero-order valence-electron chi connectivity index (χ0n) is 23.4. The van der Waals surface area contributed by atoms with Gasteiger partial charge in [0, 0.05) is 42.5 Å². The van der Waals surface area contributed by atoms with Gasteiger partial charge >= 0.3 is 18.0 Å². The lowest BCUT2D eigenvalue weighted by atomic mass is 9.94. The largest absolute Gasteiger partial charge is 0.435 e. The molecule has 1 saturated carbocycles. The molecule has 13 heteroatoms. The van der Waals surface area contributed by atoms with Crippen molar-refractivity contribution in [3.63, 3.8) is 0 Å². The number of aromatic amines is 1. The van der Waals surface area contributed by atoms with Gasteiger partial charge in [-0.3, -0.25) is 14.3 Å². The van der Waals surface area contributed by atoms with Gasteiger partial charge in [-0.25, -0.2) is 9.48 Å². The van der Waals surface area contributed by atoms with E-state index in [1.807, 2.05) is 13.8 Å². The Bertz CT molecular complexity index is 1550. The Kier molecular flexibility index (Phi) is 7.92. The minimum Gasteiger partial charge on any atom is -0.302 e. The van der Waals surface area contributed by atoms with Crippen molar-refractivity contribution in [2.45, 2.75) is 76.7 Å². The molecule has 0 radical (unpaired) electrons. The molecule has 228 valence electrons. The molecule has 2 fully saturated rings. The molecule has 1 saturated heterocycles. The van der Waals surface area contributed by atoms with Gasteiger partial charge in [-0.2, -0.15) is 31.4 Å². The Hall–Kier alpha value is -3.35. The van der Waals surface area contributed by atoms with Crippen LogP contribution < -0.4 is 11.2 Å². The maximum atomic E-state index is 13.6. The molecule has 1 N–H and O–H groups in total. The van der Waals surface area contributed by atoms with Crippen molar-refractivity contribution in [2.75, 3.05) is 19.6 Å². The lowest BCUT2D eigenvalue weighted by Crippen LogP contribution is -2.34. The van der Waals surface area contributed by atoms with Crippen molar-refractivity contribution >= 4 is 0 Å². The Morgan fingerprint density at radius 1 is 0.976 bits per heavy atom. The third-order valence-electron chi connectivity index (χ3n) is 8.55. The van der Waals surface area contributed by atoms with Crippen LogP contribution in [0.2, 0.25) is 0 Å². The molecular formula is C29H33F6N5O2. The molecule has 3 heterocycles. The van der Waals surface area contributed by atoms with Crippen LogP contribution in [0, 0.1) is 5.92 Å². The van der Waals surface area contributed by atoms with Gasteiger partial charge in [0.05, 0.1) is 5.56 Å². The number of halogens is 6. The molecule has 0 bridgehead atoms. The number of hydrogen-bond acceptors (Lipinski definition) is 4. The number of likely N-dealkylation sites (tertiary alicyclic amines) is 1. The molecule has 0 unspecified atom stereocenters. The zero-order valence-corrected chi connectivity index (χ0v) is 23.4. The highest BCUT2D eigenvalue weighted by Gasteiger charge is 2.60. The van der Waals surface area contributed by atoms with E-state index in [1.54, 1.807) is 12.1 Å². The van der Waals surface area contributed by atoms with E-state index >= 15 is 0 Å². The number of hydrogen-bond donors (Lipinski definition) is 1. The van der Waals surface area contributed by atoms with Crippen LogP contribution in [-0.2, 0) is 37.2 Å². The summed E-state index contributed by atoms with van der Waals surface area (Å²) >= 11 is 0. The molecule has 6 rings (SSSR count). The maximum absolute atomic E-state index is 13.6. The normalized spacial score (nSPS) is 21.9. The van der Waals surface area contributed by atoms with Crippen LogP contribution >= 0.6 is 0 Å². The summed E-state index contributed by atoms with van der Waals surface area (Å²) < 4.78 is 82.0. The summed E-state index contributed by atoms with van der Waals surface area (Å²) in [5, 5.41) is 3.76. The number of nitrogens with zero attached hydrogens (tertiary/aromatic N) is 4. The van der Waals surface area contributed by atoms with Gasteiger partial charge < -0.3 is 4.90 Å². The first kappa shape index (κ1) is 30.1. The second-order valence-electron chi connectivity index (χ2n) is 11.1. The van der Waals surface area contributed by atoms with Crippen LogP contribution in [0.25, 0.3) is 5.69 Å². The number of benzene rings is 1. The number of nitrogens with one attached hydrogen (secondary N) is 1. The third kappa shape index (κ3) is 5.55. The number of rotatable bonds is 6. The predicted octanol–water partition coefficient (Wildman–Crippen LogP) is 5.33. The Morgan fingerprint density at radius 3 is 2.33 bits per heavy atom. The lowest BCUT2D eigenvalue weighted by Gasteiger charge is -2.21. The molecule has 2 aliphatic carbocycles. The van der Waals surface area contributed by atoms with Gasteiger partial charge in [-0.05, 0) is 68.7 Å². The van der Waals surface area contributed by atoms with Crippen molar-refractivity contribution in [3.05, 3.63) is 79.4 Å². The molecule has 3 aromatic rings. The standard InChI is InChI=1S/C27H27F6N5O2.C2H6/c28-26(29,30)17-8-6-16(7-9-17)25-12-18(25)13-36(15-25)10-3-11-37-14-21(23(39)34-24(37)40)38-20-5-2-1-4-19(20)22(35-38)27(31,32)33;1-2/h6-9,14,18H,1-5,10-13,15H2,(H,34,39,40);1-2H3/t18-,25+;/m0./s1. The third-order valence-corrected chi connectivity index (χ3v) is 8.55. The van der Waals surface area contributed by atoms with E-state index in [2.05, 4.69) is 15.0 Å². The molecule has 0 amide bonds. The highest BCUT2D eigenvalue weighted by molar-refractivity contribution is 5.40. The monoisotopic (exact) mass is 597 g/mol. The van der Waals surface area contributed by atoms with Crippen LogP contribution in [0.3, 0.4) is 0 Å². The minimum absolute atomic E-state index is 0.102. The van der Waals surface area contributed by atoms with Crippen molar-refractivity contribution in [2.24, 2.45) is 5.92 Å². The number of fused-ring (bicyclic) bond motifs is 2. The predicted molar refractivity (Wildman–Crippen MR) is 144 cm³/mol. The van der Waals surface area contributed by atoms with Gasteiger partial charge in [0.15, 0.2) is 5.69 Å². The topological polar surface area (TPSA) is 75.9 Å². The van der Waals surface area contributed by atoms with Gasteiger partial charge in [0.1, 0.15) is 5.69 Å². The number of H-pyrrole nitrogens is 1. The molecule has 0 spiro atoms. The molecule has 1 aliphatic heterocycles. The van der Waals surface area contributed by atoms with Gasteiger partial charge in [0.2, 0.25) is 0 Å². The number of alkyl halides is 6. The fourth-order valence-corrected chi connectivity index (χ4v) is 6.50. The fraction of sp³-hybridized carbons (Fsp3) is 0.552. The summed E-state index contributed by atoms with van der Waals surface area (Å²) in [5.74, 6) is 0.362. The number of aromatic nitrogens is 4. The molecule has 2 atom stereocenters. The van der Waals surface area contributed by atoms with Crippen LogP contribution in [-0.4, -0.2) is 43.9 Å². The summed E-state index contributed by atoms with van der Waals surface area (Å²) in [4.78, 5) is 29.6. The van der Waals surface area contributed by atoms with Crippen molar-refractivity contribution < 1.29 is 26.3 Å². The van der Waals surface area contributed by atoms with E-state index in [1.165, 1.54) is 10.8 Å². The lowest BCUT2D eigenvalue weighted by molar-refractivity contribution is -0.142. The van der Waals surface area contributed by atoms with Gasteiger partial charge in [0.25, 0.3) is 5.56 Å². The molecule has 7 nitrogen and oxygen atoms in total. The summed E-state index contributed by atoms with van der Waals surface area (Å²) in [6.45, 7) is 6.35. The summed E-state index contributed by atoms with van der Waals surface area (Å²) in [5.41, 5.74) is -2.05. The first-order valence-electron chi connectivity index (χ1n) is 14.3. The smallest absolute Gasteiger partial charge is 0.302 e. The Balaban J connectivity index is 0.00000173. The Morgan fingerprint density at radius 2 is 1.67 bits per heavy atom. The maximum Gasteiger partial charge on any atom is 0.435 e. The number of aryl methyl sites for hydroxylation is 1.